The molecule has 37 heavy (non-hydrogen) atoms. The number of aromatic nitrogens is 2. The SMILES string of the molecule is Nc1cc(S(F)(F)(F)(F)F)ccc1C(=O)N1CCC(c2c(F)cnc3[nH]c4c(c23)CCC(O)CC4)CC1. The molecule has 1 aliphatic carbocycles. The lowest BCUT2D eigenvalue weighted by molar-refractivity contribution is 0.0713. The van der Waals surface area contributed by atoms with Crippen LogP contribution in [0.3, 0.4) is 0 Å². The number of halogens is 6. The van der Waals surface area contributed by atoms with Gasteiger partial charge in [-0.3, -0.25) is 4.79 Å². The van der Waals surface area contributed by atoms with E-state index < -0.39 is 38.6 Å². The topological polar surface area (TPSA) is 95.2 Å². The third kappa shape index (κ3) is 4.86. The number of anilines is 1. The number of nitrogens with two attached hydrogens (primary N) is 1. The van der Waals surface area contributed by atoms with Gasteiger partial charge in [-0.2, -0.15) is 0 Å². The van der Waals surface area contributed by atoms with Crippen molar-refractivity contribution in [2.75, 3.05) is 18.8 Å². The molecule has 3 aromatic rings. The number of H-pyrrole nitrogens is 1. The Hall–Kier alpha value is -2.93. The van der Waals surface area contributed by atoms with Crippen LogP contribution in [0.25, 0.3) is 11.0 Å². The van der Waals surface area contributed by atoms with Crippen LogP contribution in [-0.2, 0) is 12.8 Å². The second-order valence-corrected chi connectivity index (χ2v) is 12.3. The number of benzene rings is 1. The van der Waals surface area contributed by atoms with E-state index in [1.54, 1.807) is 0 Å². The number of aliphatic hydroxyl groups excluding tert-OH is 1. The Morgan fingerprint density at radius 2 is 1.76 bits per heavy atom. The van der Waals surface area contributed by atoms with Crippen molar-refractivity contribution in [1.82, 2.24) is 14.9 Å². The monoisotopic (exact) mass is 548 g/mol. The molecule has 0 spiro atoms. The van der Waals surface area contributed by atoms with E-state index in [1.807, 2.05) is 0 Å². The van der Waals surface area contributed by atoms with E-state index in [0.29, 0.717) is 61.2 Å². The number of pyridine rings is 1. The molecule has 3 heterocycles. The van der Waals surface area contributed by atoms with Gasteiger partial charge in [0.15, 0.2) is 0 Å². The van der Waals surface area contributed by atoms with Gasteiger partial charge in [0, 0.05) is 35.4 Å². The zero-order valence-corrected chi connectivity index (χ0v) is 20.4. The minimum atomic E-state index is -9.93. The first-order chi connectivity index (χ1) is 17.1. The van der Waals surface area contributed by atoms with Crippen molar-refractivity contribution in [2.24, 2.45) is 0 Å². The number of fused-ring (bicyclic) bond motifs is 3. The molecule has 0 radical (unpaired) electrons. The van der Waals surface area contributed by atoms with Crippen molar-refractivity contribution in [3.8, 4) is 0 Å². The number of aliphatic hydroxyl groups is 1. The molecule has 1 fully saturated rings. The van der Waals surface area contributed by atoms with Gasteiger partial charge in [0.25, 0.3) is 5.91 Å². The third-order valence-corrected chi connectivity index (χ3v) is 8.50. The lowest BCUT2D eigenvalue weighted by atomic mass is 9.86. The molecule has 1 unspecified atom stereocenters. The largest absolute Gasteiger partial charge is 0.398 e. The molecule has 2 aromatic heterocycles. The van der Waals surface area contributed by atoms with E-state index in [0.717, 1.165) is 11.3 Å². The van der Waals surface area contributed by atoms with E-state index in [-0.39, 0.29) is 36.7 Å². The van der Waals surface area contributed by atoms with E-state index in [4.69, 9.17) is 5.73 Å². The molecule has 13 heteroatoms. The van der Waals surface area contributed by atoms with E-state index in [1.165, 1.54) is 11.1 Å². The van der Waals surface area contributed by atoms with Crippen LogP contribution >= 0.6 is 10.2 Å². The standard InChI is InChI=1S/C24H26F6N4O2S/c25-18-12-32-23-22(17-4-1-14(35)2-6-20(17)33-23)21(18)13-7-9-34(10-8-13)24(36)16-5-3-15(11-19(16)31)37(26,27,28,29)30/h3,5,11-14,35H,1-2,4,6-10,31H2,(H,32,33). The molecule has 2 aliphatic rings. The maximum Gasteiger partial charge on any atom is 0.310 e. The molecule has 1 saturated heterocycles. The minimum Gasteiger partial charge on any atom is -0.398 e. The van der Waals surface area contributed by atoms with Gasteiger partial charge in [0.05, 0.1) is 17.9 Å². The Labute approximate surface area is 208 Å². The summed E-state index contributed by atoms with van der Waals surface area (Å²) >= 11 is 0. The Bertz CT molecular complexity index is 1400. The minimum absolute atomic E-state index is 0.0964. The number of amides is 1. The fourth-order valence-electron chi connectivity index (χ4n) is 5.44. The fourth-order valence-corrected chi connectivity index (χ4v) is 6.12. The number of aryl methyl sites for hydroxylation is 2. The number of hydrogen-bond acceptors (Lipinski definition) is 4. The highest BCUT2D eigenvalue weighted by molar-refractivity contribution is 8.45. The fraction of sp³-hybridized carbons (Fsp3) is 0.417. The molecule has 1 amide bonds. The van der Waals surface area contributed by atoms with Crippen molar-refractivity contribution in [3.05, 3.63) is 52.6 Å². The predicted octanol–water partition coefficient (Wildman–Crippen LogP) is 6.20. The number of likely N-dealkylation sites (tertiary alicyclic amines) is 1. The first-order valence-corrected chi connectivity index (χ1v) is 13.9. The summed E-state index contributed by atoms with van der Waals surface area (Å²) in [5.41, 5.74) is 7.57. The number of nitrogens with zero attached hydrogens (tertiary/aromatic N) is 2. The normalized spacial score (nSPS) is 21.3. The van der Waals surface area contributed by atoms with Crippen LogP contribution in [0, 0.1) is 5.82 Å². The maximum absolute atomic E-state index is 15.1. The number of carbonyl (C=O) groups excluding carboxylic acids is 1. The van der Waals surface area contributed by atoms with Crippen LogP contribution in [-0.4, -0.2) is 45.1 Å². The van der Waals surface area contributed by atoms with Crippen molar-refractivity contribution in [2.45, 2.75) is 55.4 Å². The van der Waals surface area contributed by atoms with Crippen LogP contribution in [0.2, 0.25) is 0 Å². The maximum atomic E-state index is 15.1. The van der Waals surface area contributed by atoms with Gasteiger partial charge in [-0.25, -0.2) is 9.37 Å². The number of nitrogens with one attached hydrogen (secondary N) is 1. The highest BCUT2D eigenvalue weighted by Gasteiger charge is 2.65. The van der Waals surface area contributed by atoms with Gasteiger partial charge in [-0.05, 0) is 68.2 Å². The number of aromatic amines is 1. The first kappa shape index (κ1) is 25.7. The number of piperidine rings is 1. The third-order valence-electron chi connectivity index (χ3n) is 7.35. The van der Waals surface area contributed by atoms with Gasteiger partial charge >= 0.3 is 10.2 Å². The summed E-state index contributed by atoms with van der Waals surface area (Å²) in [6, 6.07) is 0.946. The molecule has 202 valence electrons. The number of carbonyl (C=O) groups is 1. The molecule has 5 rings (SSSR count). The zero-order valence-electron chi connectivity index (χ0n) is 19.6. The summed E-state index contributed by atoms with van der Waals surface area (Å²) in [6.07, 6.45) is 3.88. The summed E-state index contributed by atoms with van der Waals surface area (Å²) in [7, 11) is -9.93. The average molecular weight is 549 g/mol. The predicted molar refractivity (Wildman–Crippen MR) is 129 cm³/mol. The van der Waals surface area contributed by atoms with Crippen LogP contribution in [0.1, 0.15) is 58.8 Å². The number of nitrogen functional groups attached to an aromatic ring is 1. The quantitative estimate of drug-likeness (QED) is 0.206. The van der Waals surface area contributed by atoms with E-state index in [9.17, 15) is 29.3 Å². The zero-order chi connectivity index (χ0) is 26.8. The van der Waals surface area contributed by atoms with Crippen molar-refractivity contribution >= 4 is 32.9 Å². The molecule has 4 N–H and O–H groups in total. The van der Waals surface area contributed by atoms with E-state index in [2.05, 4.69) is 9.97 Å². The van der Waals surface area contributed by atoms with Crippen LogP contribution < -0.4 is 5.73 Å². The average Bonchev–Trinajstić information content (AvgIpc) is 3.06. The summed E-state index contributed by atoms with van der Waals surface area (Å²) in [4.78, 5) is 19.7. The second-order valence-electron chi connectivity index (χ2n) is 9.84. The van der Waals surface area contributed by atoms with Crippen LogP contribution in [0.5, 0.6) is 0 Å². The smallest absolute Gasteiger partial charge is 0.310 e. The van der Waals surface area contributed by atoms with Crippen LogP contribution in [0.15, 0.2) is 29.3 Å². The Balaban J connectivity index is 1.38. The Morgan fingerprint density at radius 3 is 2.41 bits per heavy atom. The first-order valence-electron chi connectivity index (χ1n) is 11.9. The highest BCUT2D eigenvalue weighted by Crippen LogP contribution is 3.02. The summed E-state index contributed by atoms with van der Waals surface area (Å²) in [5.74, 6) is -1.37. The molecule has 1 atom stereocenters. The molecule has 0 bridgehead atoms. The van der Waals surface area contributed by atoms with Gasteiger partial charge in [-0.1, -0.05) is 19.4 Å². The lowest BCUT2D eigenvalue weighted by Crippen LogP contribution is -2.38. The Morgan fingerprint density at radius 1 is 1.08 bits per heavy atom. The highest BCUT2D eigenvalue weighted by atomic mass is 32.5. The van der Waals surface area contributed by atoms with Crippen molar-refractivity contribution < 1.29 is 33.7 Å². The van der Waals surface area contributed by atoms with E-state index >= 15 is 4.39 Å². The summed E-state index contributed by atoms with van der Waals surface area (Å²) in [6.45, 7) is 0.363. The number of hydrogen-bond donors (Lipinski definition) is 3. The van der Waals surface area contributed by atoms with Gasteiger partial charge in [0.2, 0.25) is 0 Å². The molecule has 6 nitrogen and oxygen atoms in total. The molecular formula is C24H26F6N4O2S. The van der Waals surface area contributed by atoms with Gasteiger partial charge in [-0.15, -0.1) is 0 Å². The molecule has 1 aromatic carbocycles. The van der Waals surface area contributed by atoms with Crippen molar-refractivity contribution in [3.63, 3.8) is 0 Å². The molecule has 1 aliphatic heterocycles. The molecule has 0 saturated carbocycles. The lowest BCUT2D eigenvalue weighted by Gasteiger charge is -2.40. The van der Waals surface area contributed by atoms with Crippen LogP contribution in [0.4, 0.5) is 29.5 Å². The summed E-state index contributed by atoms with van der Waals surface area (Å²) < 4.78 is 80.6. The van der Waals surface area contributed by atoms with Crippen molar-refractivity contribution in [1.29, 1.82) is 0 Å². The van der Waals surface area contributed by atoms with Gasteiger partial charge in [0.1, 0.15) is 16.4 Å². The second kappa shape index (κ2) is 8.03. The number of rotatable bonds is 3. The van der Waals surface area contributed by atoms with Gasteiger partial charge < -0.3 is 20.7 Å². The molecular weight excluding hydrogens is 522 g/mol. The summed E-state index contributed by atoms with van der Waals surface area (Å²) in [5, 5.41) is 10.8. The Kier molecular flexibility index (Phi) is 5.58.